The molecule has 0 unspecified atom stereocenters. The van der Waals surface area contributed by atoms with Crippen molar-refractivity contribution in [3.05, 3.63) is 42.1 Å². The lowest BCUT2D eigenvalue weighted by Gasteiger charge is -2.42. The van der Waals surface area contributed by atoms with E-state index in [0.717, 1.165) is 79.3 Å². The fraction of sp³-hybridized carbons (Fsp3) is 0.562. The largest absolute Gasteiger partial charge is 0.491 e. The first-order chi connectivity index (χ1) is 20.0. The maximum absolute atomic E-state index is 6.31. The third-order valence-electron chi connectivity index (χ3n) is 8.44. The Morgan fingerprint density at radius 3 is 2.31 bits per heavy atom. The molecule has 224 valence electrons. The van der Waals surface area contributed by atoms with Gasteiger partial charge in [-0.2, -0.15) is 10.2 Å². The summed E-state index contributed by atoms with van der Waals surface area (Å²) < 4.78 is 12.6. The molecule has 0 aliphatic carbocycles. The van der Waals surface area contributed by atoms with Crippen LogP contribution < -0.4 is 4.74 Å². The highest BCUT2D eigenvalue weighted by Crippen LogP contribution is 2.38. The van der Waals surface area contributed by atoms with Gasteiger partial charge < -0.3 is 9.30 Å². The molecule has 1 saturated heterocycles. The number of fused-ring (bicyclic) bond motifs is 3. The van der Waals surface area contributed by atoms with Crippen LogP contribution in [0.2, 0.25) is 0 Å². The van der Waals surface area contributed by atoms with E-state index in [9.17, 15) is 0 Å². The number of ether oxygens (including phenoxy) is 1. The summed E-state index contributed by atoms with van der Waals surface area (Å²) in [6.07, 6.45) is 4.10. The van der Waals surface area contributed by atoms with Gasteiger partial charge in [0.15, 0.2) is 5.82 Å². The maximum atomic E-state index is 6.31. The van der Waals surface area contributed by atoms with Crippen LogP contribution in [0.5, 0.6) is 5.75 Å². The van der Waals surface area contributed by atoms with Gasteiger partial charge in [0, 0.05) is 62.1 Å². The summed E-state index contributed by atoms with van der Waals surface area (Å²) in [5, 5.41) is 9.44. The minimum Gasteiger partial charge on any atom is -0.491 e. The highest BCUT2D eigenvalue weighted by molar-refractivity contribution is 5.75. The summed E-state index contributed by atoms with van der Waals surface area (Å²) in [5.74, 6) is 3.31. The van der Waals surface area contributed by atoms with Crippen LogP contribution >= 0.6 is 0 Å². The molecule has 10 nitrogen and oxygen atoms in total. The Hall–Kier alpha value is -3.50. The number of nitrogens with zero attached hydrogens (tertiary/aromatic N) is 9. The van der Waals surface area contributed by atoms with Crippen molar-refractivity contribution in [1.29, 1.82) is 0 Å². The lowest BCUT2D eigenvalue weighted by atomic mass is 10.0. The zero-order valence-electron chi connectivity index (χ0n) is 26.4. The molecular weight excluding hydrogens is 526 g/mol. The highest BCUT2D eigenvalue weighted by Gasteiger charge is 2.28. The quantitative estimate of drug-likeness (QED) is 0.304. The maximum Gasteiger partial charge on any atom is 0.178 e. The van der Waals surface area contributed by atoms with Gasteiger partial charge in [0.1, 0.15) is 29.7 Å². The summed E-state index contributed by atoms with van der Waals surface area (Å²) >= 11 is 0. The van der Waals surface area contributed by atoms with Crippen molar-refractivity contribution < 1.29 is 4.74 Å². The van der Waals surface area contributed by atoms with Gasteiger partial charge in [0.2, 0.25) is 0 Å². The smallest absolute Gasteiger partial charge is 0.178 e. The first-order valence-electron chi connectivity index (χ1n) is 15.3. The molecule has 4 aromatic rings. The molecule has 1 fully saturated rings. The number of aromatic nitrogens is 7. The van der Waals surface area contributed by atoms with Gasteiger partial charge in [-0.25, -0.2) is 14.6 Å². The zero-order valence-corrected chi connectivity index (χ0v) is 26.4. The molecule has 2 aliphatic rings. The Kier molecular flexibility index (Phi) is 7.47. The van der Waals surface area contributed by atoms with Crippen molar-refractivity contribution in [2.24, 2.45) is 0 Å². The molecule has 0 radical (unpaired) electrons. The Balaban J connectivity index is 1.32. The molecule has 0 atom stereocenters. The third kappa shape index (κ3) is 5.38. The summed E-state index contributed by atoms with van der Waals surface area (Å²) in [7, 11) is 0. The number of imidazole rings is 1. The number of aryl methyl sites for hydroxylation is 1. The van der Waals surface area contributed by atoms with Crippen LogP contribution in [0.3, 0.4) is 0 Å². The van der Waals surface area contributed by atoms with E-state index in [4.69, 9.17) is 19.8 Å². The molecular formula is C32H45N9O. The molecule has 2 aliphatic heterocycles. The molecule has 42 heavy (non-hydrogen) atoms. The van der Waals surface area contributed by atoms with Gasteiger partial charge in [0.25, 0.3) is 0 Å². The second-order valence-corrected chi connectivity index (χ2v) is 13.2. The zero-order chi connectivity index (χ0) is 29.8. The number of benzene rings is 1. The minimum absolute atomic E-state index is 0.198. The average molecular weight is 572 g/mol. The van der Waals surface area contributed by atoms with Crippen molar-refractivity contribution >= 4 is 0 Å². The molecule has 0 N–H and O–H groups in total. The van der Waals surface area contributed by atoms with Gasteiger partial charge in [-0.05, 0) is 73.1 Å². The minimum atomic E-state index is 0.198. The average Bonchev–Trinajstić information content (AvgIpc) is 3.63. The van der Waals surface area contributed by atoms with Crippen molar-refractivity contribution in [2.75, 3.05) is 32.8 Å². The number of piperazine rings is 1. The summed E-state index contributed by atoms with van der Waals surface area (Å²) in [6.45, 7) is 24.0. The molecule has 0 saturated carbocycles. The van der Waals surface area contributed by atoms with Crippen molar-refractivity contribution in [1.82, 2.24) is 43.9 Å². The Morgan fingerprint density at radius 2 is 1.62 bits per heavy atom. The van der Waals surface area contributed by atoms with Crippen LogP contribution in [0.1, 0.15) is 72.1 Å². The lowest BCUT2D eigenvalue weighted by molar-refractivity contribution is 0.0579. The predicted octanol–water partition coefficient (Wildman–Crippen LogP) is 5.45. The van der Waals surface area contributed by atoms with Crippen molar-refractivity contribution in [3.63, 3.8) is 0 Å². The van der Waals surface area contributed by atoms with Crippen molar-refractivity contribution in [2.45, 2.75) is 86.1 Å². The van der Waals surface area contributed by atoms with Crippen LogP contribution in [0, 0.1) is 6.92 Å². The molecule has 1 aromatic carbocycles. The summed E-state index contributed by atoms with van der Waals surface area (Å²) in [4.78, 5) is 14.9. The predicted molar refractivity (Wildman–Crippen MR) is 166 cm³/mol. The van der Waals surface area contributed by atoms with Crippen molar-refractivity contribution in [3.8, 4) is 39.8 Å². The molecule has 0 amide bonds. The van der Waals surface area contributed by atoms with Gasteiger partial charge >= 0.3 is 0 Å². The van der Waals surface area contributed by atoms with E-state index in [2.05, 4.69) is 97.0 Å². The number of hydrogen-bond acceptors (Lipinski definition) is 7. The van der Waals surface area contributed by atoms with E-state index < -0.39 is 0 Å². The summed E-state index contributed by atoms with van der Waals surface area (Å²) in [6, 6.07) is 6.99. The second kappa shape index (κ2) is 11.0. The van der Waals surface area contributed by atoms with Crippen LogP contribution in [0.4, 0.5) is 0 Å². The molecule has 6 rings (SSSR count). The van der Waals surface area contributed by atoms with Crippen LogP contribution in [0.15, 0.2) is 30.6 Å². The van der Waals surface area contributed by atoms with Gasteiger partial charge in [-0.3, -0.25) is 14.5 Å². The molecule has 5 heterocycles. The van der Waals surface area contributed by atoms with E-state index in [1.165, 1.54) is 11.3 Å². The second-order valence-electron chi connectivity index (χ2n) is 13.2. The molecule has 10 heteroatoms. The molecule has 3 aromatic heterocycles. The van der Waals surface area contributed by atoms with Gasteiger partial charge in [0.05, 0.1) is 24.0 Å². The third-order valence-corrected chi connectivity index (χ3v) is 8.44. The fourth-order valence-electron chi connectivity index (χ4n) is 6.14. The number of hydrogen-bond donors (Lipinski definition) is 0. The molecule has 0 spiro atoms. The Bertz CT molecular complexity index is 1560. The normalized spacial score (nSPS) is 16.5. The number of rotatable bonds is 6. The van der Waals surface area contributed by atoms with E-state index in [1.54, 1.807) is 0 Å². The lowest BCUT2D eigenvalue weighted by Crippen LogP contribution is -2.53. The monoisotopic (exact) mass is 571 g/mol. The first-order valence-corrected chi connectivity index (χ1v) is 15.3. The first kappa shape index (κ1) is 28.6. The standard InChI is InChI=1S/C32H45N9O/c1-21(2)40-28(20-37-11-13-39(14-12-37)32(6,7)8)26(18-33-40)24-9-10-25-29(17-24)42-16-15-38-19-27(35-30(25)38)31-34-23(5)36-41(31)22(3)4/h9-10,17-19,21-22H,11-16,20H2,1-8H3. The van der Waals surface area contributed by atoms with Gasteiger partial charge in [-0.15, -0.1) is 0 Å². The topological polar surface area (TPSA) is 82.1 Å². The van der Waals surface area contributed by atoms with Crippen LogP contribution in [-0.4, -0.2) is 82.2 Å². The van der Waals surface area contributed by atoms with Crippen LogP contribution in [-0.2, 0) is 13.1 Å². The SMILES string of the molecule is Cc1nc(-c2cn3c(n2)-c2ccc(-c4cnn(C(C)C)c4CN4CCN(C(C)(C)C)CC4)cc2OCC3)n(C(C)C)n1. The Morgan fingerprint density at radius 1 is 0.881 bits per heavy atom. The van der Waals surface area contributed by atoms with Crippen LogP contribution in [0.25, 0.3) is 34.0 Å². The van der Waals surface area contributed by atoms with E-state index >= 15 is 0 Å². The van der Waals surface area contributed by atoms with E-state index in [-0.39, 0.29) is 17.6 Å². The van der Waals surface area contributed by atoms with Gasteiger partial charge in [-0.1, -0.05) is 6.07 Å². The van der Waals surface area contributed by atoms with E-state index in [1.807, 2.05) is 17.8 Å². The Labute approximate surface area is 249 Å². The highest BCUT2D eigenvalue weighted by atomic mass is 16.5. The summed E-state index contributed by atoms with van der Waals surface area (Å²) in [5.41, 5.74) is 5.59. The molecule has 0 bridgehead atoms. The van der Waals surface area contributed by atoms with E-state index in [0.29, 0.717) is 6.61 Å². The fourth-order valence-corrected chi connectivity index (χ4v) is 6.14.